The monoisotopic (exact) mass is 616 g/mol. The van der Waals surface area contributed by atoms with Crippen LogP contribution in [-0.4, -0.2) is 87.8 Å². The summed E-state index contributed by atoms with van der Waals surface area (Å²) >= 11 is 6.43. The molecular weight excluding hydrogens is 580 g/mol. The fourth-order valence-corrected chi connectivity index (χ4v) is 6.34. The molecule has 0 radical (unpaired) electrons. The average Bonchev–Trinajstić information content (AvgIpc) is 3.16. The summed E-state index contributed by atoms with van der Waals surface area (Å²) < 4.78 is 37.0. The number of rotatable bonds is 11. The Morgan fingerprint density at radius 3 is 2.40 bits per heavy atom. The minimum Gasteiger partial charge on any atom is -0.497 e. The Morgan fingerprint density at radius 1 is 1.05 bits per heavy atom. The highest BCUT2D eigenvalue weighted by Gasteiger charge is 2.22. The van der Waals surface area contributed by atoms with E-state index in [1.54, 1.807) is 38.2 Å². The number of likely N-dealkylation sites (N-methyl/N-ethyl adjacent to an activating group) is 1. The Morgan fingerprint density at radius 2 is 1.76 bits per heavy atom. The fourth-order valence-electron chi connectivity index (χ4n) is 4.69. The van der Waals surface area contributed by atoms with Crippen LogP contribution in [0.4, 0.5) is 23.1 Å². The third kappa shape index (κ3) is 7.42. The van der Waals surface area contributed by atoms with Gasteiger partial charge in [-0.3, -0.25) is 9.69 Å². The average molecular weight is 617 g/mol. The number of nitrogens with one attached hydrogen (secondary N) is 2. The number of nitrogens with zero attached hydrogens (tertiary/aromatic N) is 4. The summed E-state index contributed by atoms with van der Waals surface area (Å²) in [4.78, 5) is 25.0. The van der Waals surface area contributed by atoms with Crippen LogP contribution in [0.1, 0.15) is 24.5 Å². The van der Waals surface area contributed by atoms with Crippen molar-refractivity contribution in [2.24, 2.45) is 0 Å². The van der Waals surface area contributed by atoms with Gasteiger partial charge in [-0.25, -0.2) is 13.4 Å². The van der Waals surface area contributed by atoms with Crippen LogP contribution < -0.4 is 20.1 Å². The summed E-state index contributed by atoms with van der Waals surface area (Å²) in [5.41, 5.74) is 3.32. The number of benzene rings is 2. The van der Waals surface area contributed by atoms with Crippen molar-refractivity contribution in [1.82, 2.24) is 19.8 Å². The van der Waals surface area contributed by atoms with Gasteiger partial charge in [-0.2, -0.15) is 4.98 Å². The summed E-state index contributed by atoms with van der Waals surface area (Å²) in [6.45, 7) is 3.73. The molecule has 11 nitrogen and oxygen atoms in total. The summed E-state index contributed by atoms with van der Waals surface area (Å²) in [5.74, 6) is 1.61. The van der Waals surface area contributed by atoms with E-state index < -0.39 is 9.84 Å². The summed E-state index contributed by atoms with van der Waals surface area (Å²) in [6.07, 6.45) is 3.48. The molecule has 0 spiro atoms. The number of fused-ring (bicyclic) bond motifs is 1. The Kier molecular flexibility index (Phi) is 10.1. The van der Waals surface area contributed by atoms with Crippen LogP contribution in [-0.2, 0) is 27.5 Å². The van der Waals surface area contributed by atoms with Gasteiger partial charge in [-0.15, -0.1) is 0 Å². The number of amides is 1. The fraction of sp³-hybridized carbons (Fsp3) is 0.414. The van der Waals surface area contributed by atoms with Crippen molar-refractivity contribution in [3.8, 4) is 11.5 Å². The molecule has 1 aliphatic heterocycles. The molecule has 1 amide bonds. The standard InChI is InChI=1S/C29H37ClN6O5S/c1-6-13-42(38,39)26-16-21(40-4)7-8-23(26)32-28-22(30)17-31-29(34-28)33-24-14-19-9-11-36(18-27(37)35(2)3)12-10-20(19)15-25(24)41-5/h7-8,14-17H,6,9-13,18H2,1-5H3,(H2,31,32,33,34). The highest BCUT2D eigenvalue weighted by molar-refractivity contribution is 7.91. The Hall–Kier alpha value is -3.61. The number of ether oxygens (including phenoxy) is 2. The van der Waals surface area contributed by atoms with E-state index in [4.69, 9.17) is 21.1 Å². The van der Waals surface area contributed by atoms with Crippen LogP contribution in [0.15, 0.2) is 41.4 Å². The van der Waals surface area contributed by atoms with E-state index in [-0.39, 0.29) is 33.3 Å². The number of sulfone groups is 1. The highest BCUT2D eigenvalue weighted by Crippen LogP contribution is 2.35. The number of carbonyl (C=O) groups is 1. The third-order valence-corrected chi connectivity index (χ3v) is 9.24. The van der Waals surface area contributed by atoms with E-state index in [1.807, 2.05) is 19.1 Å². The van der Waals surface area contributed by atoms with Crippen molar-refractivity contribution in [3.05, 3.63) is 52.7 Å². The molecule has 13 heteroatoms. The number of anilines is 4. The molecule has 4 rings (SSSR count). The van der Waals surface area contributed by atoms with E-state index in [2.05, 4.69) is 25.5 Å². The quantitative estimate of drug-likeness (QED) is 0.322. The molecule has 1 aromatic heterocycles. The van der Waals surface area contributed by atoms with Gasteiger partial charge in [0.1, 0.15) is 16.5 Å². The second kappa shape index (κ2) is 13.6. The smallest absolute Gasteiger partial charge is 0.236 e. The van der Waals surface area contributed by atoms with Gasteiger partial charge in [0.2, 0.25) is 11.9 Å². The molecule has 2 heterocycles. The molecule has 0 saturated heterocycles. The summed E-state index contributed by atoms with van der Waals surface area (Å²) in [6, 6.07) is 8.80. The molecule has 0 fully saturated rings. The maximum atomic E-state index is 13.0. The van der Waals surface area contributed by atoms with E-state index >= 15 is 0 Å². The molecule has 226 valence electrons. The minimum atomic E-state index is -3.59. The molecule has 0 atom stereocenters. The van der Waals surface area contributed by atoms with Crippen LogP contribution in [0.2, 0.25) is 5.02 Å². The van der Waals surface area contributed by atoms with Gasteiger partial charge in [0.05, 0.1) is 49.0 Å². The molecule has 2 N–H and O–H groups in total. The molecule has 0 aliphatic carbocycles. The van der Waals surface area contributed by atoms with Crippen molar-refractivity contribution in [1.29, 1.82) is 0 Å². The number of aromatic nitrogens is 2. The number of carbonyl (C=O) groups excluding carboxylic acids is 1. The van der Waals surface area contributed by atoms with Crippen LogP contribution >= 0.6 is 11.6 Å². The van der Waals surface area contributed by atoms with Gasteiger partial charge in [0, 0.05) is 33.3 Å². The lowest BCUT2D eigenvalue weighted by atomic mass is 10.0. The molecule has 0 bridgehead atoms. The van der Waals surface area contributed by atoms with Gasteiger partial charge in [0.25, 0.3) is 0 Å². The number of methoxy groups -OCH3 is 2. The van der Waals surface area contributed by atoms with Crippen LogP contribution in [0.5, 0.6) is 11.5 Å². The first kappa shape index (κ1) is 31.3. The van der Waals surface area contributed by atoms with Gasteiger partial charge < -0.3 is 25.0 Å². The zero-order valence-electron chi connectivity index (χ0n) is 24.5. The lowest BCUT2D eigenvalue weighted by Gasteiger charge is -2.21. The molecule has 3 aromatic rings. The largest absolute Gasteiger partial charge is 0.497 e. The molecule has 0 saturated carbocycles. The van der Waals surface area contributed by atoms with E-state index in [0.717, 1.165) is 37.1 Å². The van der Waals surface area contributed by atoms with Gasteiger partial charge in [-0.05, 0) is 54.7 Å². The predicted molar refractivity (Wildman–Crippen MR) is 164 cm³/mol. The molecule has 2 aromatic carbocycles. The summed E-state index contributed by atoms with van der Waals surface area (Å²) in [5, 5.41) is 6.52. The van der Waals surface area contributed by atoms with Crippen molar-refractivity contribution in [3.63, 3.8) is 0 Å². The Bertz CT molecular complexity index is 1550. The molecule has 0 unspecified atom stereocenters. The van der Waals surface area contributed by atoms with Crippen molar-refractivity contribution in [2.45, 2.75) is 31.1 Å². The predicted octanol–water partition coefficient (Wildman–Crippen LogP) is 4.31. The first-order valence-corrected chi connectivity index (χ1v) is 15.7. The van der Waals surface area contributed by atoms with Crippen LogP contribution in [0.3, 0.4) is 0 Å². The zero-order chi connectivity index (χ0) is 30.4. The lowest BCUT2D eigenvalue weighted by molar-refractivity contribution is -0.129. The third-order valence-electron chi connectivity index (χ3n) is 7.01. The highest BCUT2D eigenvalue weighted by atomic mass is 35.5. The normalized spacial score (nSPS) is 13.6. The van der Waals surface area contributed by atoms with Gasteiger partial charge >= 0.3 is 0 Å². The maximum Gasteiger partial charge on any atom is 0.236 e. The van der Waals surface area contributed by atoms with Gasteiger partial charge in [0.15, 0.2) is 15.7 Å². The molecular formula is C29H37ClN6O5S. The number of hydrogen-bond donors (Lipinski definition) is 2. The second-order valence-corrected chi connectivity index (χ2v) is 12.7. The van der Waals surface area contributed by atoms with E-state index in [0.29, 0.717) is 35.8 Å². The molecule has 42 heavy (non-hydrogen) atoms. The first-order chi connectivity index (χ1) is 20.0. The SMILES string of the molecule is CCCS(=O)(=O)c1cc(OC)ccc1Nc1nc(Nc2cc3c(cc2OC)CCN(CC(=O)N(C)C)CC3)ncc1Cl. The zero-order valence-corrected chi connectivity index (χ0v) is 26.1. The number of halogens is 1. The number of hydrogen-bond acceptors (Lipinski definition) is 10. The second-order valence-electron chi connectivity index (χ2n) is 10.2. The van der Waals surface area contributed by atoms with Gasteiger partial charge in [-0.1, -0.05) is 18.5 Å². The first-order valence-electron chi connectivity index (χ1n) is 13.6. The molecule has 1 aliphatic rings. The topological polar surface area (TPSA) is 126 Å². The van der Waals surface area contributed by atoms with E-state index in [1.165, 1.54) is 19.4 Å². The Labute approximate surface area is 252 Å². The minimum absolute atomic E-state index is 0.0129. The van der Waals surface area contributed by atoms with Crippen molar-refractivity contribution < 1.29 is 22.7 Å². The summed E-state index contributed by atoms with van der Waals surface area (Å²) in [7, 11) is 3.03. The lowest BCUT2D eigenvalue weighted by Crippen LogP contribution is -2.37. The maximum absolute atomic E-state index is 13.0. The van der Waals surface area contributed by atoms with Crippen molar-refractivity contribution in [2.75, 3.05) is 64.3 Å². The van der Waals surface area contributed by atoms with Crippen molar-refractivity contribution >= 4 is 50.5 Å². The van der Waals surface area contributed by atoms with E-state index in [9.17, 15) is 13.2 Å². The van der Waals surface area contributed by atoms with Crippen LogP contribution in [0, 0.1) is 0 Å². The van der Waals surface area contributed by atoms with Crippen LogP contribution in [0.25, 0.3) is 0 Å². The Balaban J connectivity index is 1.59.